The predicted octanol–water partition coefficient (Wildman–Crippen LogP) is 4.07. The number of anilines is 1. The lowest BCUT2D eigenvalue weighted by Crippen LogP contribution is -2.15. The van der Waals surface area contributed by atoms with Crippen LogP contribution in [0.15, 0.2) is 48.5 Å². The van der Waals surface area contributed by atoms with E-state index >= 15 is 0 Å². The summed E-state index contributed by atoms with van der Waals surface area (Å²) in [5.74, 6) is 0.887. The summed E-state index contributed by atoms with van der Waals surface area (Å²) >= 11 is 0. The number of halogens is 2. The summed E-state index contributed by atoms with van der Waals surface area (Å²) < 4.78 is 40.0. The van der Waals surface area contributed by atoms with E-state index in [1.54, 1.807) is 32.4 Å². The molecule has 0 unspecified atom stereocenters. The molecule has 0 saturated heterocycles. The predicted molar refractivity (Wildman–Crippen MR) is 107 cm³/mol. The molecular weight excluding hydrogens is 396 g/mol. The Morgan fingerprint density at radius 2 is 1.77 bits per heavy atom. The minimum Gasteiger partial charge on any atom is -0.497 e. The molecular formula is C21H21F2N3O4. The number of hydrogen-bond acceptors (Lipinski definition) is 5. The van der Waals surface area contributed by atoms with Crippen LogP contribution in [-0.4, -0.2) is 36.9 Å². The van der Waals surface area contributed by atoms with Gasteiger partial charge in [-0.15, -0.1) is 0 Å². The smallest absolute Gasteiger partial charge is 0.387 e. The maximum atomic E-state index is 12.5. The highest BCUT2D eigenvalue weighted by molar-refractivity contribution is 6.05. The number of methoxy groups -OCH3 is 2. The third-order valence-electron chi connectivity index (χ3n) is 4.31. The SMILES string of the molecule is COc1cc(CCc2cc(NC(=O)c3ccccc3OC(F)F)n[nH]2)cc(OC)c1. The molecule has 0 aliphatic rings. The quantitative estimate of drug-likeness (QED) is 0.548. The summed E-state index contributed by atoms with van der Waals surface area (Å²) in [6.45, 7) is -3.02. The van der Waals surface area contributed by atoms with Gasteiger partial charge in [0.1, 0.15) is 17.2 Å². The number of aromatic amines is 1. The number of carbonyl (C=O) groups excluding carboxylic acids is 1. The van der Waals surface area contributed by atoms with Gasteiger partial charge in [0.15, 0.2) is 5.82 Å². The first-order valence-corrected chi connectivity index (χ1v) is 9.10. The zero-order valence-corrected chi connectivity index (χ0v) is 16.4. The van der Waals surface area contributed by atoms with Gasteiger partial charge >= 0.3 is 6.61 Å². The maximum absolute atomic E-state index is 12.5. The molecule has 1 heterocycles. The summed E-state index contributed by atoms with van der Waals surface area (Å²) in [6.07, 6.45) is 1.32. The molecule has 1 amide bonds. The second-order valence-corrected chi connectivity index (χ2v) is 6.33. The standard InChI is InChI=1S/C21H21F2N3O4/c1-28-15-9-13(10-16(12-15)29-2)7-8-14-11-19(26-25-14)24-20(27)17-5-3-4-6-18(17)30-21(22)23/h3-6,9-12,21H,7-8H2,1-2H3,(H2,24,25,26,27). The summed E-state index contributed by atoms with van der Waals surface area (Å²) in [4.78, 5) is 12.4. The van der Waals surface area contributed by atoms with E-state index in [1.165, 1.54) is 18.2 Å². The van der Waals surface area contributed by atoms with Crippen molar-refractivity contribution in [2.75, 3.05) is 19.5 Å². The number of rotatable bonds is 9. The number of hydrogen-bond donors (Lipinski definition) is 2. The van der Waals surface area contributed by atoms with Crippen molar-refractivity contribution in [3.8, 4) is 17.2 Å². The van der Waals surface area contributed by atoms with Crippen molar-refractivity contribution in [2.24, 2.45) is 0 Å². The fraction of sp³-hybridized carbons (Fsp3) is 0.238. The molecule has 0 aliphatic carbocycles. The number of para-hydroxylation sites is 1. The number of carbonyl (C=O) groups is 1. The van der Waals surface area contributed by atoms with Crippen molar-refractivity contribution < 1.29 is 27.8 Å². The van der Waals surface area contributed by atoms with E-state index in [1.807, 2.05) is 12.1 Å². The van der Waals surface area contributed by atoms with Gasteiger partial charge in [0.25, 0.3) is 5.91 Å². The minimum atomic E-state index is -3.02. The van der Waals surface area contributed by atoms with Crippen LogP contribution in [0.3, 0.4) is 0 Å². The highest BCUT2D eigenvalue weighted by Crippen LogP contribution is 2.24. The first-order chi connectivity index (χ1) is 14.5. The molecule has 3 rings (SSSR count). The third kappa shape index (κ3) is 5.47. The van der Waals surface area contributed by atoms with E-state index in [0.29, 0.717) is 24.3 Å². The number of ether oxygens (including phenoxy) is 3. The summed E-state index contributed by atoms with van der Waals surface area (Å²) in [5, 5.41) is 9.50. The molecule has 158 valence electrons. The fourth-order valence-corrected chi connectivity index (χ4v) is 2.88. The first-order valence-electron chi connectivity index (χ1n) is 9.10. The molecule has 0 fully saturated rings. The monoisotopic (exact) mass is 417 g/mol. The Bertz CT molecular complexity index is 985. The second-order valence-electron chi connectivity index (χ2n) is 6.33. The van der Waals surface area contributed by atoms with Gasteiger partial charge in [0, 0.05) is 17.8 Å². The van der Waals surface area contributed by atoms with Crippen LogP contribution in [0.2, 0.25) is 0 Å². The number of nitrogens with zero attached hydrogens (tertiary/aromatic N) is 1. The molecule has 2 N–H and O–H groups in total. The van der Waals surface area contributed by atoms with Crippen LogP contribution in [0.5, 0.6) is 17.2 Å². The highest BCUT2D eigenvalue weighted by atomic mass is 19.3. The van der Waals surface area contributed by atoms with Gasteiger partial charge in [-0.25, -0.2) is 0 Å². The molecule has 0 spiro atoms. The van der Waals surface area contributed by atoms with Gasteiger partial charge in [0.05, 0.1) is 19.8 Å². The summed E-state index contributed by atoms with van der Waals surface area (Å²) in [5.41, 5.74) is 1.81. The molecule has 0 bridgehead atoms. The van der Waals surface area contributed by atoms with Crippen LogP contribution in [0.25, 0.3) is 0 Å². The van der Waals surface area contributed by atoms with Crippen molar-refractivity contribution in [1.29, 1.82) is 0 Å². The number of benzene rings is 2. The zero-order chi connectivity index (χ0) is 21.5. The molecule has 3 aromatic rings. The van der Waals surface area contributed by atoms with Crippen LogP contribution in [0.1, 0.15) is 21.6 Å². The van der Waals surface area contributed by atoms with E-state index < -0.39 is 12.5 Å². The first kappa shape index (κ1) is 21.1. The van der Waals surface area contributed by atoms with Crippen molar-refractivity contribution in [3.63, 3.8) is 0 Å². The van der Waals surface area contributed by atoms with E-state index in [9.17, 15) is 13.6 Å². The van der Waals surface area contributed by atoms with Gasteiger partial charge in [-0.2, -0.15) is 13.9 Å². The Morgan fingerprint density at radius 1 is 1.07 bits per heavy atom. The maximum Gasteiger partial charge on any atom is 0.387 e. The van der Waals surface area contributed by atoms with Gasteiger partial charge in [-0.05, 0) is 42.7 Å². The zero-order valence-electron chi connectivity index (χ0n) is 16.4. The average Bonchev–Trinajstić information content (AvgIpc) is 3.19. The molecule has 9 heteroatoms. The summed E-state index contributed by atoms with van der Waals surface area (Å²) in [6, 6.07) is 13.1. The van der Waals surface area contributed by atoms with Crippen molar-refractivity contribution in [3.05, 3.63) is 65.4 Å². The van der Waals surface area contributed by atoms with E-state index in [-0.39, 0.29) is 17.1 Å². The Morgan fingerprint density at radius 3 is 2.43 bits per heavy atom. The molecule has 2 aromatic carbocycles. The molecule has 0 radical (unpaired) electrons. The lowest BCUT2D eigenvalue weighted by molar-refractivity contribution is -0.0501. The Kier molecular flexibility index (Phi) is 6.84. The minimum absolute atomic E-state index is 0.00849. The van der Waals surface area contributed by atoms with Crippen LogP contribution in [-0.2, 0) is 12.8 Å². The number of aromatic nitrogens is 2. The van der Waals surface area contributed by atoms with Gasteiger partial charge in [0.2, 0.25) is 0 Å². The van der Waals surface area contributed by atoms with Crippen molar-refractivity contribution in [1.82, 2.24) is 10.2 Å². The van der Waals surface area contributed by atoms with E-state index in [0.717, 1.165) is 11.3 Å². The number of H-pyrrole nitrogens is 1. The normalized spacial score (nSPS) is 10.7. The van der Waals surface area contributed by atoms with E-state index in [2.05, 4.69) is 20.3 Å². The van der Waals surface area contributed by atoms with E-state index in [4.69, 9.17) is 9.47 Å². The van der Waals surface area contributed by atoms with Gasteiger partial charge in [-0.3, -0.25) is 9.89 Å². The lowest BCUT2D eigenvalue weighted by Gasteiger charge is -2.09. The highest BCUT2D eigenvalue weighted by Gasteiger charge is 2.16. The van der Waals surface area contributed by atoms with Crippen LogP contribution in [0.4, 0.5) is 14.6 Å². The van der Waals surface area contributed by atoms with Crippen LogP contribution < -0.4 is 19.5 Å². The largest absolute Gasteiger partial charge is 0.497 e. The van der Waals surface area contributed by atoms with Crippen LogP contribution >= 0.6 is 0 Å². The number of alkyl halides is 2. The number of amides is 1. The third-order valence-corrected chi connectivity index (χ3v) is 4.31. The second kappa shape index (κ2) is 9.73. The average molecular weight is 417 g/mol. The summed E-state index contributed by atoms with van der Waals surface area (Å²) in [7, 11) is 3.18. The van der Waals surface area contributed by atoms with Crippen LogP contribution in [0, 0.1) is 0 Å². The molecule has 0 atom stereocenters. The fourth-order valence-electron chi connectivity index (χ4n) is 2.88. The topological polar surface area (TPSA) is 85.5 Å². The van der Waals surface area contributed by atoms with Gasteiger partial charge < -0.3 is 19.5 Å². The Labute approximate surface area is 172 Å². The number of nitrogens with one attached hydrogen (secondary N) is 2. The number of aryl methyl sites for hydroxylation is 2. The van der Waals surface area contributed by atoms with Crippen molar-refractivity contribution in [2.45, 2.75) is 19.5 Å². The Hall–Kier alpha value is -3.62. The molecule has 30 heavy (non-hydrogen) atoms. The molecule has 0 saturated carbocycles. The molecule has 1 aromatic heterocycles. The Balaban J connectivity index is 1.64. The van der Waals surface area contributed by atoms with Crippen molar-refractivity contribution >= 4 is 11.7 Å². The lowest BCUT2D eigenvalue weighted by atomic mass is 10.1. The van der Waals surface area contributed by atoms with Gasteiger partial charge in [-0.1, -0.05) is 12.1 Å². The molecule has 0 aliphatic heterocycles. The molecule has 7 nitrogen and oxygen atoms in total.